The predicted molar refractivity (Wildman–Crippen MR) is 84.7 cm³/mol. The van der Waals surface area contributed by atoms with Crippen LogP contribution in [0.5, 0.6) is 0 Å². The van der Waals surface area contributed by atoms with E-state index in [0.29, 0.717) is 12.8 Å². The van der Waals surface area contributed by atoms with Crippen LogP contribution in [0.1, 0.15) is 24.8 Å². The van der Waals surface area contributed by atoms with Crippen LogP contribution in [-0.4, -0.2) is 5.91 Å². The number of hydrogen-bond acceptors (Lipinski definition) is 1. The molecule has 1 saturated carbocycles. The van der Waals surface area contributed by atoms with E-state index in [1.54, 1.807) is 0 Å². The molecule has 2 nitrogen and oxygen atoms in total. The molecule has 2 aromatic carbocycles. The molecule has 5 heteroatoms. The molecule has 0 radical (unpaired) electrons. The normalized spacial score (nSPS) is 16.0. The van der Waals surface area contributed by atoms with Gasteiger partial charge in [-0.25, -0.2) is 8.78 Å². The number of rotatable bonds is 3. The largest absolute Gasteiger partial charge is 0.323 e. The molecule has 1 N–H and O–H groups in total. The van der Waals surface area contributed by atoms with Gasteiger partial charge in [0.15, 0.2) is 0 Å². The summed E-state index contributed by atoms with van der Waals surface area (Å²) in [6, 6.07) is 10.6. The SMILES string of the molecule is O=C(Nc1cc(F)ccc1F)C1(c2ccc(Br)cc2)CCC1. The molecule has 0 atom stereocenters. The van der Waals surface area contributed by atoms with E-state index in [1.807, 2.05) is 24.3 Å². The summed E-state index contributed by atoms with van der Waals surface area (Å²) in [7, 11) is 0. The third kappa shape index (κ3) is 2.65. The van der Waals surface area contributed by atoms with E-state index in [4.69, 9.17) is 0 Å². The van der Waals surface area contributed by atoms with Gasteiger partial charge in [0.1, 0.15) is 11.6 Å². The van der Waals surface area contributed by atoms with Crippen molar-refractivity contribution >= 4 is 27.5 Å². The molecule has 0 heterocycles. The second-order valence-electron chi connectivity index (χ2n) is 5.52. The minimum atomic E-state index is -0.653. The summed E-state index contributed by atoms with van der Waals surface area (Å²) in [6.07, 6.45) is 2.35. The molecule has 22 heavy (non-hydrogen) atoms. The first-order valence-electron chi connectivity index (χ1n) is 7.04. The number of nitrogens with one attached hydrogen (secondary N) is 1. The minimum Gasteiger partial charge on any atom is -0.323 e. The maximum atomic E-state index is 13.7. The van der Waals surface area contributed by atoms with Crippen molar-refractivity contribution in [3.63, 3.8) is 0 Å². The van der Waals surface area contributed by atoms with Gasteiger partial charge in [-0.15, -0.1) is 0 Å². The van der Waals surface area contributed by atoms with E-state index >= 15 is 0 Å². The molecule has 1 amide bonds. The van der Waals surface area contributed by atoms with Crippen molar-refractivity contribution in [1.82, 2.24) is 0 Å². The first-order chi connectivity index (χ1) is 10.5. The highest BCUT2D eigenvalue weighted by molar-refractivity contribution is 9.10. The summed E-state index contributed by atoms with van der Waals surface area (Å²) in [5.41, 5.74) is 0.129. The van der Waals surface area contributed by atoms with Crippen LogP contribution in [0.15, 0.2) is 46.9 Å². The Bertz CT molecular complexity index is 711. The summed E-state index contributed by atoms with van der Waals surface area (Å²) in [5.74, 6) is -1.51. The van der Waals surface area contributed by atoms with Crippen molar-refractivity contribution in [2.45, 2.75) is 24.7 Å². The lowest BCUT2D eigenvalue weighted by atomic mass is 9.64. The van der Waals surface area contributed by atoms with Crippen molar-refractivity contribution < 1.29 is 13.6 Å². The van der Waals surface area contributed by atoms with E-state index in [1.165, 1.54) is 0 Å². The number of anilines is 1. The molecule has 2 aromatic rings. The zero-order valence-electron chi connectivity index (χ0n) is 11.7. The molecule has 1 fully saturated rings. The first kappa shape index (κ1) is 15.2. The van der Waals surface area contributed by atoms with Gasteiger partial charge in [-0.2, -0.15) is 0 Å². The van der Waals surface area contributed by atoms with E-state index < -0.39 is 17.0 Å². The average molecular weight is 366 g/mol. The summed E-state index contributed by atoms with van der Waals surface area (Å²) >= 11 is 3.37. The monoisotopic (exact) mass is 365 g/mol. The lowest BCUT2D eigenvalue weighted by molar-refractivity contribution is -0.124. The Kier molecular flexibility index (Phi) is 4.00. The van der Waals surface area contributed by atoms with Crippen molar-refractivity contribution in [2.24, 2.45) is 0 Å². The van der Waals surface area contributed by atoms with Gasteiger partial charge in [0.05, 0.1) is 11.1 Å². The first-order valence-corrected chi connectivity index (χ1v) is 7.83. The standard InChI is InChI=1S/C17H14BrF2NO/c18-12-4-2-11(3-5-12)17(8-1-9-17)16(22)21-15-10-13(19)6-7-14(15)20/h2-7,10H,1,8-9H2,(H,21,22). The fourth-order valence-electron chi connectivity index (χ4n) is 2.78. The third-order valence-electron chi connectivity index (χ3n) is 4.22. The van der Waals surface area contributed by atoms with Crippen LogP contribution >= 0.6 is 15.9 Å². The molecule has 0 unspecified atom stereocenters. The minimum absolute atomic E-state index is 0.117. The Morgan fingerprint density at radius 3 is 2.36 bits per heavy atom. The van der Waals surface area contributed by atoms with Crippen molar-refractivity contribution in [2.75, 3.05) is 5.32 Å². The molecular weight excluding hydrogens is 352 g/mol. The van der Waals surface area contributed by atoms with Crippen LogP contribution in [0, 0.1) is 11.6 Å². The molecule has 0 aromatic heterocycles. The van der Waals surface area contributed by atoms with Crippen LogP contribution in [0.25, 0.3) is 0 Å². The molecule has 0 spiro atoms. The fraction of sp³-hybridized carbons (Fsp3) is 0.235. The second kappa shape index (κ2) is 5.80. The highest BCUT2D eigenvalue weighted by Crippen LogP contribution is 2.45. The highest BCUT2D eigenvalue weighted by Gasteiger charge is 2.45. The molecular formula is C17H14BrF2NO. The number of benzene rings is 2. The Morgan fingerprint density at radius 2 is 1.77 bits per heavy atom. The number of amides is 1. The fourth-order valence-corrected chi connectivity index (χ4v) is 3.05. The Morgan fingerprint density at radius 1 is 1.09 bits per heavy atom. The van der Waals surface area contributed by atoms with Crippen LogP contribution in [0.4, 0.5) is 14.5 Å². The van der Waals surface area contributed by atoms with Crippen LogP contribution in [-0.2, 0) is 10.2 Å². The van der Waals surface area contributed by atoms with Gasteiger partial charge in [0.2, 0.25) is 5.91 Å². The maximum absolute atomic E-state index is 13.7. The number of hydrogen-bond donors (Lipinski definition) is 1. The molecule has 0 aliphatic heterocycles. The van der Waals surface area contributed by atoms with Crippen LogP contribution < -0.4 is 5.32 Å². The van der Waals surface area contributed by atoms with Gasteiger partial charge in [-0.1, -0.05) is 34.5 Å². The Labute approximate surface area is 135 Å². The van der Waals surface area contributed by atoms with Gasteiger partial charge >= 0.3 is 0 Å². The lowest BCUT2D eigenvalue weighted by Crippen LogP contribution is -2.46. The highest BCUT2D eigenvalue weighted by atomic mass is 79.9. The van der Waals surface area contributed by atoms with Gasteiger partial charge in [-0.05, 0) is 42.7 Å². The third-order valence-corrected chi connectivity index (χ3v) is 4.74. The molecule has 0 bridgehead atoms. The Hall–Kier alpha value is -1.75. The van der Waals surface area contributed by atoms with Gasteiger partial charge < -0.3 is 5.32 Å². The zero-order valence-corrected chi connectivity index (χ0v) is 13.3. The zero-order chi connectivity index (χ0) is 15.7. The van der Waals surface area contributed by atoms with Crippen molar-refractivity contribution in [3.8, 4) is 0 Å². The van der Waals surface area contributed by atoms with Gasteiger partial charge in [-0.3, -0.25) is 4.79 Å². The molecule has 114 valence electrons. The molecule has 0 saturated heterocycles. The van der Waals surface area contributed by atoms with E-state index in [9.17, 15) is 13.6 Å². The molecule has 1 aliphatic carbocycles. The molecule has 3 rings (SSSR count). The van der Waals surface area contributed by atoms with E-state index in [2.05, 4.69) is 21.2 Å². The van der Waals surface area contributed by atoms with Gasteiger partial charge in [0, 0.05) is 10.5 Å². The second-order valence-corrected chi connectivity index (χ2v) is 6.44. The number of carbonyl (C=O) groups is 1. The van der Waals surface area contributed by atoms with Crippen molar-refractivity contribution in [1.29, 1.82) is 0 Å². The van der Waals surface area contributed by atoms with Crippen molar-refractivity contribution in [3.05, 3.63) is 64.1 Å². The maximum Gasteiger partial charge on any atom is 0.235 e. The Balaban J connectivity index is 1.89. The molecule has 1 aliphatic rings. The number of carbonyl (C=O) groups excluding carboxylic acids is 1. The van der Waals surface area contributed by atoms with Crippen LogP contribution in [0.3, 0.4) is 0 Å². The van der Waals surface area contributed by atoms with E-state index in [-0.39, 0.29) is 11.6 Å². The summed E-state index contributed by atoms with van der Waals surface area (Å²) in [4.78, 5) is 12.7. The average Bonchev–Trinajstić information content (AvgIpc) is 2.44. The van der Waals surface area contributed by atoms with Gasteiger partial charge in [0.25, 0.3) is 0 Å². The predicted octanol–water partition coefficient (Wildman–Crippen LogP) is 4.79. The van der Waals surface area contributed by atoms with E-state index in [0.717, 1.165) is 34.7 Å². The quantitative estimate of drug-likeness (QED) is 0.832. The number of halogens is 3. The van der Waals surface area contributed by atoms with Crippen LogP contribution in [0.2, 0.25) is 0 Å². The topological polar surface area (TPSA) is 29.1 Å². The summed E-state index contributed by atoms with van der Waals surface area (Å²) < 4.78 is 27.9. The summed E-state index contributed by atoms with van der Waals surface area (Å²) in [6.45, 7) is 0. The summed E-state index contributed by atoms with van der Waals surface area (Å²) in [5, 5.41) is 2.54. The lowest BCUT2D eigenvalue weighted by Gasteiger charge is -2.40. The smallest absolute Gasteiger partial charge is 0.235 e.